The number of benzene rings is 1. The molecule has 0 spiro atoms. The van der Waals surface area contributed by atoms with Crippen LogP contribution in [-0.4, -0.2) is 30.5 Å². The van der Waals surface area contributed by atoms with E-state index in [-0.39, 0.29) is 29.9 Å². The van der Waals surface area contributed by atoms with E-state index in [0.717, 1.165) is 29.9 Å². The summed E-state index contributed by atoms with van der Waals surface area (Å²) in [5, 5.41) is 3.54. The van der Waals surface area contributed by atoms with Gasteiger partial charge in [0.05, 0.1) is 5.39 Å². The minimum atomic E-state index is -0.563. The Morgan fingerprint density at radius 3 is 2.76 bits per heavy atom. The van der Waals surface area contributed by atoms with E-state index in [9.17, 15) is 9.59 Å². The van der Waals surface area contributed by atoms with Crippen LogP contribution in [-0.2, 0) is 24.3 Å². The van der Waals surface area contributed by atoms with Crippen LogP contribution in [0.15, 0.2) is 29.1 Å². The number of anilines is 3. The van der Waals surface area contributed by atoms with Gasteiger partial charge in [-0.2, -0.15) is 15.0 Å². The SMILES string of the molecule is Cc1ccc(Nc2nc(N)nc(COC(=O)c3sc4nc5n(c(=O)c4c3C)CCC5)n2)cc1. The number of aryl methyl sites for hydroxylation is 3. The van der Waals surface area contributed by atoms with Crippen molar-refractivity contribution in [2.75, 3.05) is 11.1 Å². The van der Waals surface area contributed by atoms with Gasteiger partial charge in [-0.3, -0.25) is 9.36 Å². The van der Waals surface area contributed by atoms with Crippen molar-refractivity contribution in [3.8, 4) is 0 Å². The minimum Gasteiger partial charge on any atom is -0.453 e. The maximum atomic E-state index is 12.8. The number of ether oxygens (including phenoxy) is 1. The molecule has 1 aliphatic heterocycles. The van der Waals surface area contributed by atoms with Crippen LogP contribution in [0.3, 0.4) is 0 Å². The molecule has 0 fully saturated rings. The van der Waals surface area contributed by atoms with E-state index in [2.05, 4.69) is 25.3 Å². The Balaban J connectivity index is 1.35. The number of carbonyl (C=O) groups excluding carboxylic acids is 1. The zero-order valence-electron chi connectivity index (χ0n) is 18.1. The second-order valence-electron chi connectivity index (χ2n) is 7.83. The molecule has 4 aromatic rings. The third-order valence-corrected chi connectivity index (χ3v) is 6.60. The molecule has 11 heteroatoms. The van der Waals surface area contributed by atoms with Crippen molar-refractivity contribution in [2.45, 2.75) is 39.8 Å². The first-order chi connectivity index (χ1) is 15.9. The lowest BCUT2D eigenvalue weighted by atomic mass is 10.2. The van der Waals surface area contributed by atoms with Crippen molar-refractivity contribution < 1.29 is 9.53 Å². The van der Waals surface area contributed by atoms with Crippen molar-refractivity contribution >= 4 is 45.1 Å². The molecule has 0 bridgehead atoms. The highest BCUT2D eigenvalue weighted by molar-refractivity contribution is 7.20. The predicted octanol–water partition coefficient (Wildman–Crippen LogP) is 2.89. The van der Waals surface area contributed by atoms with E-state index >= 15 is 0 Å². The molecular formula is C22H21N7O3S. The van der Waals surface area contributed by atoms with Gasteiger partial charge in [0.25, 0.3) is 5.56 Å². The monoisotopic (exact) mass is 463 g/mol. The zero-order valence-corrected chi connectivity index (χ0v) is 18.9. The van der Waals surface area contributed by atoms with Crippen LogP contribution in [0.2, 0.25) is 0 Å². The standard InChI is InChI=1S/C22H21N7O3S/c1-11-5-7-13(8-6-11)24-22-26-14(25-21(23)28-22)10-32-20(31)17-12(2)16-18(33-17)27-15-4-3-9-29(15)19(16)30/h5-8H,3-4,9-10H2,1-2H3,(H3,23,24,25,26,28). The molecule has 4 heterocycles. The van der Waals surface area contributed by atoms with Crippen LogP contribution in [0, 0.1) is 13.8 Å². The lowest BCUT2D eigenvalue weighted by Gasteiger charge is -2.08. The highest BCUT2D eigenvalue weighted by Crippen LogP contribution is 2.29. The zero-order chi connectivity index (χ0) is 23.1. The minimum absolute atomic E-state index is 0.00967. The maximum Gasteiger partial charge on any atom is 0.349 e. The fourth-order valence-corrected chi connectivity index (χ4v) is 4.87. The number of aromatic nitrogens is 5. The number of hydrogen-bond acceptors (Lipinski definition) is 10. The highest BCUT2D eigenvalue weighted by Gasteiger charge is 2.24. The van der Waals surface area contributed by atoms with E-state index in [1.54, 1.807) is 11.5 Å². The first-order valence-electron chi connectivity index (χ1n) is 10.4. The van der Waals surface area contributed by atoms with E-state index in [1.165, 1.54) is 11.3 Å². The van der Waals surface area contributed by atoms with E-state index in [1.807, 2.05) is 31.2 Å². The van der Waals surface area contributed by atoms with Crippen LogP contribution in [0.5, 0.6) is 0 Å². The van der Waals surface area contributed by atoms with Crippen molar-refractivity contribution in [1.29, 1.82) is 0 Å². The van der Waals surface area contributed by atoms with Crippen LogP contribution >= 0.6 is 11.3 Å². The topological polar surface area (TPSA) is 138 Å². The van der Waals surface area contributed by atoms with Gasteiger partial charge in [-0.1, -0.05) is 17.7 Å². The van der Waals surface area contributed by atoms with Crippen LogP contribution in [0.1, 0.15) is 38.9 Å². The Bertz CT molecular complexity index is 1440. The molecule has 3 N–H and O–H groups in total. The number of rotatable bonds is 5. The molecule has 10 nitrogen and oxygen atoms in total. The van der Waals surface area contributed by atoms with Gasteiger partial charge in [-0.15, -0.1) is 11.3 Å². The summed E-state index contributed by atoms with van der Waals surface area (Å²) in [6, 6.07) is 7.70. The summed E-state index contributed by atoms with van der Waals surface area (Å²) in [5.74, 6) is 0.675. The number of esters is 1. The van der Waals surface area contributed by atoms with Crippen molar-refractivity contribution in [3.63, 3.8) is 0 Å². The van der Waals surface area contributed by atoms with Gasteiger partial charge in [0, 0.05) is 18.7 Å². The molecule has 1 aromatic carbocycles. The second-order valence-corrected chi connectivity index (χ2v) is 8.82. The molecule has 0 amide bonds. The molecule has 0 unspecified atom stereocenters. The number of nitrogen functional groups attached to an aromatic ring is 1. The predicted molar refractivity (Wildman–Crippen MR) is 125 cm³/mol. The lowest BCUT2D eigenvalue weighted by molar-refractivity contribution is 0.0467. The van der Waals surface area contributed by atoms with Gasteiger partial charge in [0.15, 0.2) is 12.4 Å². The number of nitrogens with zero attached hydrogens (tertiary/aromatic N) is 5. The van der Waals surface area contributed by atoms with Gasteiger partial charge in [0.2, 0.25) is 11.9 Å². The Labute approximate surface area is 192 Å². The molecule has 0 radical (unpaired) electrons. The summed E-state index contributed by atoms with van der Waals surface area (Å²) in [4.78, 5) is 43.5. The molecule has 0 saturated carbocycles. The Kier molecular flexibility index (Phi) is 5.25. The lowest BCUT2D eigenvalue weighted by Crippen LogP contribution is -2.20. The Morgan fingerprint density at radius 1 is 1.18 bits per heavy atom. The van der Waals surface area contributed by atoms with Crippen molar-refractivity contribution in [3.05, 3.63) is 62.3 Å². The molecular weight excluding hydrogens is 442 g/mol. The fourth-order valence-electron chi connectivity index (χ4n) is 3.79. The van der Waals surface area contributed by atoms with Crippen LogP contribution in [0.4, 0.5) is 17.6 Å². The fraction of sp³-hybridized carbons (Fsp3) is 0.273. The number of hydrogen-bond donors (Lipinski definition) is 2. The van der Waals surface area contributed by atoms with Gasteiger partial charge in [-0.25, -0.2) is 9.78 Å². The normalized spacial score (nSPS) is 12.7. The molecule has 33 heavy (non-hydrogen) atoms. The summed E-state index contributed by atoms with van der Waals surface area (Å²) in [7, 11) is 0. The quantitative estimate of drug-likeness (QED) is 0.428. The molecule has 3 aromatic heterocycles. The molecule has 0 atom stereocenters. The van der Waals surface area contributed by atoms with Crippen LogP contribution < -0.4 is 16.6 Å². The summed E-state index contributed by atoms with van der Waals surface area (Å²) in [5.41, 5.74) is 8.21. The second kappa shape index (κ2) is 8.24. The van der Waals surface area contributed by atoms with Gasteiger partial charge >= 0.3 is 5.97 Å². The van der Waals surface area contributed by atoms with Gasteiger partial charge < -0.3 is 15.8 Å². The van der Waals surface area contributed by atoms with Crippen molar-refractivity contribution in [2.24, 2.45) is 0 Å². The maximum absolute atomic E-state index is 12.8. The summed E-state index contributed by atoms with van der Waals surface area (Å²) in [6.07, 6.45) is 1.67. The summed E-state index contributed by atoms with van der Waals surface area (Å²) < 4.78 is 7.13. The molecule has 168 valence electrons. The number of nitrogens with two attached hydrogens (primary N) is 1. The third kappa shape index (κ3) is 4.02. The van der Waals surface area contributed by atoms with Crippen molar-refractivity contribution in [1.82, 2.24) is 24.5 Å². The first kappa shape index (κ1) is 21.0. The number of nitrogens with one attached hydrogen (secondary N) is 1. The average Bonchev–Trinajstić information content (AvgIpc) is 3.38. The van der Waals surface area contributed by atoms with Gasteiger partial charge in [-0.05, 0) is 38.0 Å². The van der Waals surface area contributed by atoms with E-state index in [4.69, 9.17) is 10.5 Å². The molecule has 5 rings (SSSR count). The van der Waals surface area contributed by atoms with E-state index < -0.39 is 5.97 Å². The largest absolute Gasteiger partial charge is 0.453 e. The van der Waals surface area contributed by atoms with Gasteiger partial charge in [0.1, 0.15) is 15.5 Å². The highest BCUT2D eigenvalue weighted by atomic mass is 32.1. The smallest absolute Gasteiger partial charge is 0.349 e. The molecule has 0 aliphatic carbocycles. The number of thiophene rings is 1. The average molecular weight is 464 g/mol. The third-order valence-electron chi connectivity index (χ3n) is 5.44. The Morgan fingerprint density at radius 2 is 1.97 bits per heavy atom. The summed E-state index contributed by atoms with van der Waals surface area (Å²) in [6.45, 7) is 4.21. The summed E-state index contributed by atoms with van der Waals surface area (Å²) >= 11 is 1.17. The Hall–Kier alpha value is -3.86. The number of fused-ring (bicyclic) bond motifs is 2. The molecule has 1 aliphatic rings. The first-order valence-corrected chi connectivity index (χ1v) is 11.2. The van der Waals surface area contributed by atoms with E-state index in [0.29, 0.717) is 27.2 Å². The molecule has 0 saturated heterocycles. The van der Waals surface area contributed by atoms with Crippen LogP contribution in [0.25, 0.3) is 10.2 Å². The number of carbonyl (C=O) groups is 1.